The Balaban J connectivity index is 1.70. The fourth-order valence-electron chi connectivity index (χ4n) is 4.40. The third-order valence-corrected chi connectivity index (χ3v) is 8.03. The van der Waals surface area contributed by atoms with E-state index in [9.17, 15) is 13.2 Å². The number of benzene rings is 3. The first-order chi connectivity index (χ1) is 16.8. The monoisotopic (exact) mass is 494 g/mol. The largest absolute Gasteiger partial charge is 0.497 e. The molecule has 0 fully saturated rings. The molecule has 184 valence electrons. The van der Waals surface area contributed by atoms with Crippen molar-refractivity contribution < 1.29 is 22.7 Å². The van der Waals surface area contributed by atoms with E-state index in [0.717, 1.165) is 34.7 Å². The van der Waals surface area contributed by atoms with Gasteiger partial charge in [0.1, 0.15) is 18.0 Å². The molecule has 1 aliphatic carbocycles. The van der Waals surface area contributed by atoms with E-state index < -0.39 is 22.5 Å². The number of rotatable bonds is 8. The summed E-state index contributed by atoms with van der Waals surface area (Å²) in [5.74, 6) is 0.371. The zero-order valence-electron chi connectivity index (χ0n) is 20.2. The van der Waals surface area contributed by atoms with Gasteiger partial charge in [-0.15, -0.1) is 0 Å². The molecule has 1 atom stereocenters. The molecular formula is C27H30N2O5S. The van der Waals surface area contributed by atoms with E-state index in [1.165, 1.54) is 19.8 Å². The Bertz CT molecular complexity index is 1310. The number of methoxy groups -OCH3 is 2. The number of hydrogen-bond acceptors (Lipinski definition) is 5. The van der Waals surface area contributed by atoms with Crippen molar-refractivity contribution in [3.8, 4) is 11.5 Å². The van der Waals surface area contributed by atoms with Crippen LogP contribution in [-0.2, 0) is 21.2 Å². The number of aryl methyl sites for hydroxylation is 2. The van der Waals surface area contributed by atoms with Crippen LogP contribution in [0.3, 0.4) is 0 Å². The first-order valence-corrected chi connectivity index (χ1v) is 13.0. The second-order valence-corrected chi connectivity index (χ2v) is 10.4. The van der Waals surface area contributed by atoms with Gasteiger partial charge in [0.15, 0.2) is 0 Å². The fourth-order valence-corrected chi connectivity index (χ4v) is 5.83. The summed E-state index contributed by atoms with van der Waals surface area (Å²) < 4.78 is 39.4. The molecule has 3 aromatic rings. The number of nitrogens with zero attached hydrogens (tertiary/aromatic N) is 1. The highest BCUT2D eigenvalue weighted by atomic mass is 32.2. The molecule has 3 aromatic carbocycles. The van der Waals surface area contributed by atoms with E-state index in [2.05, 4.69) is 11.4 Å². The molecule has 4 rings (SSSR count). The average molecular weight is 495 g/mol. The van der Waals surface area contributed by atoms with Crippen molar-refractivity contribution >= 4 is 21.6 Å². The van der Waals surface area contributed by atoms with Crippen LogP contribution in [0.1, 0.15) is 35.6 Å². The lowest BCUT2D eigenvalue weighted by atomic mass is 9.88. The number of carbonyl (C=O) groups excluding carboxylic acids is 1. The minimum atomic E-state index is -4.09. The van der Waals surface area contributed by atoms with E-state index in [1.54, 1.807) is 42.5 Å². The zero-order valence-corrected chi connectivity index (χ0v) is 21.0. The van der Waals surface area contributed by atoms with Crippen LogP contribution < -0.4 is 19.1 Å². The van der Waals surface area contributed by atoms with Crippen molar-refractivity contribution in [3.05, 3.63) is 83.4 Å². The standard InChI is InChI=1S/C27H30N2O5S/c1-19-11-14-22(15-12-19)35(31,32)29(25-17-21(33-2)13-16-26(25)34-3)18-27(30)28-24-10-6-8-20-7-4-5-9-23(20)24/h4-5,7,9,11-17,24H,6,8,10,18H2,1-3H3,(H,28,30)/t24-/m0/s1. The molecule has 0 saturated carbocycles. The van der Waals surface area contributed by atoms with Crippen LogP contribution in [0.15, 0.2) is 71.6 Å². The summed E-state index contributed by atoms with van der Waals surface area (Å²) in [6.07, 6.45) is 2.73. The summed E-state index contributed by atoms with van der Waals surface area (Å²) in [7, 11) is -1.13. The first kappa shape index (κ1) is 24.6. The lowest BCUT2D eigenvalue weighted by molar-refractivity contribution is -0.120. The van der Waals surface area contributed by atoms with Gasteiger partial charge in [0, 0.05) is 6.07 Å². The molecule has 0 unspecified atom stereocenters. The highest BCUT2D eigenvalue weighted by Crippen LogP contribution is 2.36. The fraction of sp³-hybridized carbons (Fsp3) is 0.296. The Kier molecular flexibility index (Phi) is 7.31. The van der Waals surface area contributed by atoms with Crippen molar-refractivity contribution in [3.63, 3.8) is 0 Å². The van der Waals surface area contributed by atoms with Crippen LogP contribution in [-0.4, -0.2) is 35.1 Å². The third kappa shape index (κ3) is 5.27. The zero-order chi connectivity index (χ0) is 25.0. The Morgan fingerprint density at radius 1 is 1.03 bits per heavy atom. The molecule has 0 aromatic heterocycles. The maximum absolute atomic E-state index is 13.8. The first-order valence-electron chi connectivity index (χ1n) is 11.5. The molecular weight excluding hydrogens is 464 g/mol. The molecule has 8 heteroatoms. The Morgan fingerprint density at radius 2 is 1.77 bits per heavy atom. The Labute approximate surface area is 206 Å². The van der Waals surface area contributed by atoms with Gasteiger partial charge >= 0.3 is 0 Å². The van der Waals surface area contributed by atoms with Crippen molar-refractivity contribution in [2.24, 2.45) is 0 Å². The number of anilines is 1. The summed E-state index contributed by atoms with van der Waals surface area (Å²) in [5, 5.41) is 3.06. The number of amides is 1. The highest BCUT2D eigenvalue weighted by molar-refractivity contribution is 7.92. The quantitative estimate of drug-likeness (QED) is 0.502. The molecule has 0 aliphatic heterocycles. The molecule has 0 radical (unpaired) electrons. The van der Waals surface area contributed by atoms with Gasteiger partial charge in [-0.1, -0.05) is 42.0 Å². The van der Waals surface area contributed by atoms with Gasteiger partial charge in [-0.2, -0.15) is 0 Å². The highest BCUT2D eigenvalue weighted by Gasteiger charge is 2.31. The van der Waals surface area contributed by atoms with Gasteiger partial charge in [0.25, 0.3) is 10.0 Å². The molecule has 1 aliphatic rings. The summed E-state index contributed by atoms with van der Waals surface area (Å²) in [4.78, 5) is 13.4. The van der Waals surface area contributed by atoms with E-state index in [-0.39, 0.29) is 16.6 Å². The van der Waals surface area contributed by atoms with Crippen LogP contribution >= 0.6 is 0 Å². The second-order valence-electron chi connectivity index (χ2n) is 8.57. The molecule has 1 N–H and O–H groups in total. The molecule has 1 amide bonds. The van der Waals surface area contributed by atoms with Gasteiger partial charge in [-0.05, 0) is 61.6 Å². The van der Waals surface area contributed by atoms with E-state index in [0.29, 0.717) is 11.5 Å². The molecule has 35 heavy (non-hydrogen) atoms. The van der Waals surface area contributed by atoms with Gasteiger partial charge < -0.3 is 14.8 Å². The number of sulfonamides is 1. The van der Waals surface area contributed by atoms with Crippen molar-refractivity contribution in [1.29, 1.82) is 0 Å². The summed E-state index contributed by atoms with van der Waals surface area (Å²) in [6.45, 7) is 1.48. The Morgan fingerprint density at radius 3 is 2.49 bits per heavy atom. The van der Waals surface area contributed by atoms with Crippen LogP contribution in [0.4, 0.5) is 5.69 Å². The maximum atomic E-state index is 13.8. The van der Waals surface area contributed by atoms with Crippen LogP contribution in [0.25, 0.3) is 0 Å². The average Bonchev–Trinajstić information content (AvgIpc) is 2.87. The van der Waals surface area contributed by atoms with Crippen LogP contribution in [0.2, 0.25) is 0 Å². The maximum Gasteiger partial charge on any atom is 0.264 e. The predicted molar refractivity (Wildman–Crippen MR) is 136 cm³/mol. The van der Waals surface area contributed by atoms with E-state index in [4.69, 9.17) is 9.47 Å². The number of carbonyl (C=O) groups is 1. The molecule has 0 spiro atoms. The SMILES string of the molecule is COc1ccc(OC)c(N(CC(=O)N[C@H]2CCCc3ccccc32)S(=O)(=O)c2ccc(C)cc2)c1. The molecule has 0 heterocycles. The summed E-state index contributed by atoms with van der Waals surface area (Å²) in [6, 6.07) is 19.3. The molecule has 0 bridgehead atoms. The van der Waals surface area contributed by atoms with Crippen molar-refractivity contribution in [1.82, 2.24) is 5.32 Å². The van der Waals surface area contributed by atoms with Gasteiger partial charge in [-0.3, -0.25) is 9.10 Å². The van der Waals surface area contributed by atoms with Gasteiger partial charge in [0.05, 0.1) is 30.8 Å². The number of fused-ring (bicyclic) bond motifs is 1. The van der Waals surface area contributed by atoms with Gasteiger partial charge in [0.2, 0.25) is 5.91 Å². The minimum Gasteiger partial charge on any atom is -0.497 e. The van der Waals surface area contributed by atoms with E-state index >= 15 is 0 Å². The van der Waals surface area contributed by atoms with E-state index in [1.807, 2.05) is 25.1 Å². The smallest absolute Gasteiger partial charge is 0.264 e. The number of hydrogen-bond donors (Lipinski definition) is 1. The van der Waals surface area contributed by atoms with Crippen molar-refractivity contribution in [2.45, 2.75) is 37.1 Å². The van der Waals surface area contributed by atoms with Crippen molar-refractivity contribution in [2.75, 3.05) is 25.1 Å². The lowest BCUT2D eigenvalue weighted by Gasteiger charge is -2.29. The molecule has 7 nitrogen and oxygen atoms in total. The number of ether oxygens (including phenoxy) is 2. The minimum absolute atomic E-state index is 0.0868. The number of nitrogens with one attached hydrogen (secondary N) is 1. The normalized spacial score (nSPS) is 15.1. The Hall–Kier alpha value is -3.52. The topological polar surface area (TPSA) is 84.9 Å². The third-order valence-electron chi connectivity index (χ3n) is 6.26. The predicted octanol–water partition coefficient (Wildman–Crippen LogP) is 4.40. The van der Waals surface area contributed by atoms with Crippen LogP contribution in [0, 0.1) is 6.92 Å². The summed E-state index contributed by atoms with van der Waals surface area (Å²) in [5.41, 5.74) is 3.46. The molecule has 0 saturated heterocycles. The van der Waals surface area contributed by atoms with Gasteiger partial charge in [-0.25, -0.2) is 8.42 Å². The lowest BCUT2D eigenvalue weighted by Crippen LogP contribution is -2.42. The van der Waals surface area contributed by atoms with Crippen LogP contribution in [0.5, 0.6) is 11.5 Å². The second kappa shape index (κ2) is 10.4. The summed E-state index contributed by atoms with van der Waals surface area (Å²) >= 11 is 0.